The molecule has 49 heavy (non-hydrogen) atoms. The molecule has 1 spiro atoms. The molecule has 1 amide bonds. The van der Waals surface area contributed by atoms with Crippen molar-refractivity contribution in [2.24, 2.45) is 23.2 Å². The van der Waals surface area contributed by atoms with Crippen LogP contribution >= 0.6 is 0 Å². The Hall–Kier alpha value is -3.77. The lowest BCUT2D eigenvalue weighted by atomic mass is 9.68. The van der Waals surface area contributed by atoms with Crippen molar-refractivity contribution in [3.63, 3.8) is 0 Å². The molecule has 3 aromatic rings. The summed E-state index contributed by atoms with van der Waals surface area (Å²) in [6.45, 7) is 10.7. The molecule has 3 saturated heterocycles. The molecule has 2 atom stereocenters. The maximum absolute atomic E-state index is 14.6. The van der Waals surface area contributed by atoms with E-state index in [0.717, 1.165) is 76.1 Å². The highest BCUT2D eigenvalue weighted by Crippen LogP contribution is 2.49. The average Bonchev–Trinajstić information content (AvgIpc) is 3.62. The Morgan fingerprint density at radius 3 is 2.57 bits per heavy atom. The van der Waals surface area contributed by atoms with Crippen molar-refractivity contribution in [3.05, 3.63) is 48.3 Å². The maximum Gasteiger partial charge on any atom is 0.282 e. The molecule has 0 radical (unpaired) electrons. The van der Waals surface area contributed by atoms with E-state index in [-0.39, 0.29) is 23.1 Å². The van der Waals surface area contributed by atoms with Gasteiger partial charge in [-0.05, 0) is 86.6 Å². The average molecular weight is 670 g/mol. The largest absolute Gasteiger partial charge is 0.434 e. The van der Waals surface area contributed by atoms with Gasteiger partial charge in [0, 0.05) is 75.4 Å². The fourth-order valence-electron chi connectivity index (χ4n) is 9.28. The Bertz CT molecular complexity index is 1690. The van der Waals surface area contributed by atoms with Gasteiger partial charge in [0.2, 0.25) is 5.91 Å². The van der Waals surface area contributed by atoms with Gasteiger partial charge in [0.1, 0.15) is 17.9 Å². The number of likely N-dealkylation sites (tertiary alicyclic amines) is 2. The smallest absolute Gasteiger partial charge is 0.282 e. The molecule has 5 aliphatic rings. The van der Waals surface area contributed by atoms with E-state index >= 15 is 0 Å². The van der Waals surface area contributed by atoms with Crippen molar-refractivity contribution in [3.8, 4) is 22.8 Å². The summed E-state index contributed by atoms with van der Waals surface area (Å²) in [6.07, 6.45) is 11.7. The van der Waals surface area contributed by atoms with E-state index in [4.69, 9.17) is 4.74 Å². The van der Waals surface area contributed by atoms with Crippen LogP contribution in [-0.4, -0.2) is 111 Å². The van der Waals surface area contributed by atoms with Crippen LogP contribution in [0.2, 0.25) is 0 Å². The molecule has 8 rings (SSSR count). The van der Waals surface area contributed by atoms with Crippen molar-refractivity contribution in [2.75, 3.05) is 58.3 Å². The van der Waals surface area contributed by atoms with Crippen molar-refractivity contribution < 1.29 is 13.9 Å². The van der Waals surface area contributed by atoms with Crippen LogP contribution in [0.1, 0.15) is 63.9 Å². The molecular weight excluding hydrogens is 621 g/mol. The molecule has 2 aliphatic carbocycles. The number of amides is 1. The molecule has 3 aliphatic heterocycles. The third-order valence-electron chi connectivity index (χ3n) is 11.9. The predicted octanol–water partition coefficient (Wildman–Crippen LogP) is 4.86. The van der Waals surface area contributed by atoms with Crippen molar-refractivity contribution in [1.82, 2.24) is 40.1 Å². The highest BCUT2D eigenvalue weighted by Gasteiger charge is 2.53. The lowest BCUT2D eigenvalue weighted by Gasteiger charge is -2.57. The number of carbonyl (C=O) groups excluding carboxylic acids is 1. The standard InChI is InChI=1S/C37H48FN9O2/c1-23(2)33(26-13-28(14-26)45-11-9-25(18-45)36(48)44(3)4)47-20-37(21-47)10-12-46(19-37)34-35(43-42-22-39-34)49-32-8-7-27(38)15-29(32)31-17-41-40-16-30(31)24-5-6-24/h7-8,15-17,22-26,28,33H,5-6,9-14,18-21H2,1-4H3/t25-,26?,28?,33-/m0/s1. The van der Waals surface area contributed by atoms with Crippen molar-refractivity contribution in [1.29, 1.82) is 0 Å². The van der Waals surface area contributed by atoms with Gasteiger partial charge < -0.3 is 14.5 Å². The molecule has 2 saturated carbocycles. The monoisotopic (exact) mass is 669 g/mol. The first kappa shape index (κ1) is 32.4. The molecule has 0 unspecified atom stereocenters. The topological polar surface area (TPSA) is 104 Å². The zero-order valence-electron chi connectivity index (χ0n) is 29.1. The van der Waals surface area contributed by atoms with Gasteiger partial charge in [0.05, 0.1) is 18.3 Å². The summed E-state index contributed by atoms with van der Waals surface area (Å²) in [6, 6.07) is 5.75. The molecule has 2 aromatic heterocycles. The van der Waals surface area contributed by atoms with E-state index in [9.17, 15) is 9.18 Å². The van der Waals surface area contributed by atoms with Crippen LogP contribution in [0.25, 0.3) is 11.1 Å². The zero-order valence-corrected chi connectivity index (χ0v) is 29.1. The first-order valence-electron chi connectivity index (χ1n) is 18.1. The quantitative estimate of drug-likeness (QED) is 0.297. The third-order valence-corrected chi connectivity index (χ3v) is 11.9. The third kappa shape index (κ3) is 6.26. The number of aromatic nitrogens is 5. The van der Waals surface area contributed by atoms with Gasteiger partial charge in [-0.1, -0.05) is 13.8 Å². The zero-order chi connectivity index (χ0) is 33.9. The molecule has 1 aromatic carbocycles. The number of ether oxygens (including phenoxy) is 1. The van der Waals surface area contributed by atoms with Gasteiger partial charge in [0.25, 0.3) is 5.88 Å². The van der Waals surface area contributed by atoms with Gasteiger partial charge in [-0.2, -0.15) is 10.2 Å². The van der Waals surface area contributed by atoms with Gasteiger partial charge >= 0.3 is 0 Å². The summed E-state index contributed by atoms with van der Waals surface area (Å²) in [4.78, 5) is 26.5. The SMILES string of the molecule is CC(C)[C@@H](C1CC(N2CC[C@H](C(=O)N(C)C)C2)C1)N1CC2(CCN(c3ncnnc3Oc3ccc(F)cc3-c3cnncc3C3CC3)C2)C1. The predicted molar refractivity (Wildman–Crippen MR) is 184 cm³/mol. The van der Waals surface area contributed by atoms with E-state index in [1.165, 1.54) is 31.3 Å². The molecule has 260 valence electrons. The van der Waals surface area contributed by atoms with E-state index < -0.39 is 0 Å². The van der Waals surface area contributed by atoms with Crippen LogP contribution in [0.4, 0.5) is 10.2 Å². The van der Waals surface area contributed by atoms with E-state index in [0.29, 0.717) is 52.8 Å². The maximum atomic E-state index is 14.6. The fourth-order valence-corrected chi connectivity index (χ4v) is 9.28. The highest BCUT2D eigenvalue weighted by atomic mass is 19.1. The lowest BCUT2D eigenvalue weighted by Crippen LogP contribution is -2.65. The number of halogens is 1. The molecular formula is C37H48FN9O2. The van der Waals surface area contributed by atoms with Crippen LogP contribution < -0.4 is 9.64 Å². The Morgan fingerprint density at radius 2 is 1.82 bits per heavy atom. The molecule has 5 fully saturated rings. The van der Waals surface area contributed by atoms with Gasteiger partial charge in [-0.3, -0.25) is 14.6 Å². The minimum atomic E-state index is -0.340. The number of rotatable bonds is 10. The minimum Gasteiger partial charge on any atom is -0.434 e. The summed E-state index contributed by atoms with van der Waals surface area (Å²) >= 11 is 0. The van der Waals surface area contributed by atoms with Crippen LogP contribution in [0.15, 0.2) is 36.9 Å². The van der Waals surface area contributed by atoms with Crippen LogP contribution in [-0.2, 0) is 4.79 Å². The summed E-state index contributed by atoms with van der Waals surface area (Å²) < 4.78 is 21.0. The van der Waals surface area contributed by atoms with Crippen LogP contribution in [0.3, 0.4) is 0 Å². The summed E-state index contributed by atoms with van der Waals surface area (Å²) in [5, 5.41) is 16.6. The van der Waals surface area contributed by atoms with Gasteiger partial charge in [0.15, 0.2) is 5.82 Å². The summed E-state index contributed by atoms with van der Waals surface area (Å²) in [7, 11) is 3.74. The number of benzene rings is 1. The number of carbonyl (C=O) groups is 1. The highest BCUT2D eigenvalue weighted by molar-refractivity contribution is 5.79. The Balaban J connectivity index is 0.918. The van der Waals surface area contributed by atoms with Crippen molar-refractivity contribution in [2.45, 2.75) is 70.4 Å². The first-order valence-corrected chi connectivity index (χ1v) is 18.1. The molecule has 11 nitrogen and oxygen atoms in total. The first-order chi connectivity index (χ1) is 23.7. The second kappa shape index (κ2) is 12.8. The second-order valence-electron chi connectivity index (χ2n) is 15.9. The van der Waals surface area contributed by atoms with E-state index in [2.05, 4.69) is 53.9 Å². The number of hydrogen-bond acceptors (Lipinski definition) is 10. The molecule has 0 N–H and O–H groups in total. The van der Waals surface area contributed by atoms with Crippen LogP contribution in [0.5, 0.6) is 11.6 Å². The van der Waals surface area contributed by atoms with Gasteiger partial charge in [-0.15, -0.1) is 10.2 Å². The van der Waals surface area contributed by atoms with Crippen molar-refractivity contribution >= 4 is 11.7 Å². The lowest BCUT2D eigenvalue weighted by molar-refractivity contribution is -0.132. The summed E-state index contributed by atoms with van der Waals surface area (Å²) in [5.74, 6) is 3.30. The number of nitrogens with zero attached hydrogens (tertiary/aromatic N) is 9. The van der Waals surface area contributed by atoms with Gasteiger partial charge in [-0.25, -0.2) is 9.37 Å². The van der Waals surface area contributed by atoms with E-state index in [1.807, 2.05) is 14.1 Å². The molecule has 0 bridgehead atoms. The van der Waals surface area contributed by atoms with Crippen LogP contribution in [0, 0.1) is 29.0 Å². The van der Waals surface area contributed by atoms with E-state index in [1.54, 1.807) is 23.4 Å². The molecule has 12 heteroatoms. The second-order valence-corrected chi connectivity index (χ2v) is 15.9. The minimum absolute atomic E-state index is 0.156. The Morgan fingerprint density at radius 1 is 1.02 bits per heavy atom. The number of hydrogen-bond donors (Lipinski definition) is 0. The summed E-state index contributed by atoms with van der Waals surface area (Å²) in [5.41, 5.74) is 2.75. The Kier molecular flexibility index (Phi) is 8.50. The fraction of sp³-hybridized carbons (Fsp3) is 0.622. The number of anilines is 1. The Labute approximate surface area is 288 Å². The normalized spacial score (nSPS) is 25.8. The molecule has 5 heterocycles.